The van der Waals surface area contributed by atoms with Crippen LogP contribution in [0.2, 0.25) is 0 Å². The number of unbranched alkanes of at least 4 members (excludes halogenated alkanes) is 16. The first-order valence-electron chi connectivity index (χ1n) is 23.8. The molecular weight excluding hydrogens is 797 g/mol. The third-order valence-corrected chi connectivity index (χ3v) is 12.0. The summed E-state index contributed by atoms with van der Waals surface area (Å²) >= 11 is 0. The van der Waals surface area contributed by atoms with Crippen molar-refractivity contribution in [1.82, 2.24) is 0 Å². The molecule has 13 heteroatoms. The van der Waals surface area contributed by atoms with E-state index in [1.807, 2.05) is 33.3 Å². The lowest BCUT2D eigenvalue weighted by atomic mass is 9.90. The second-order valence-corrected chi connectivity index (χ2v) is 19.3. The number of quaternary nitrogens is 1. The SMILES string of the molecule is CCCCCCCC/C=C\CCCCCCCCCC(=O)OC[C@H](COP(=O)([O-])OCC[N+](C)(C)C)OC(=O)CCC/C=C\C[C@H]1[C@@H](O)CC(=O)[C@@H]1/C=C/[C@@H](O)CCCCC. The minimum Gasteiger partial charge on any atom is -0.756 e. The molecule has 1 unspecified atom stereocenters. The number of ketones is 1. The van der Waals surface area contributed by atoms with Crippen molar-refractivity contribution in [3.8, 4) is 0 Å². The molecule has 354 valence electrons. The fourth-order valence-corrected chi connectivity index (χ4v) is 7.89. The van der Waals surface area contributed by atoms with Crippen molar-refractivity contribution in [2.24, 2.45) is 11.8 Å². The summed E-state index contributed by atoms with van der Waals surface area (Å²) in [5.41, 5.74) is 0. The number of Topliss-reactive ketones (excluding diaryl/α,β-unsaturated/α-hetero) is 1. The lowest BCUT2D eigenvalue weighted by molar-refractivity contribution is -0.870. The summed E-state index contributed by atoms with van der Waals surface area (Å²) in [5, 5.41) is 20.8. The first-order valence-corrected chi connectivity index (χ1v) is 25.3. The summed E-state index contributed by atoms with van der Waals surface area (Å²) in [7, 11) is 0.999. The number of allylic oxidation sites excluding steroid dienone is 5. The maximum absolute atomic E-state index is 12.8. The Hall–Kier alpha value is -2.18. The Balaban J connectivity index is 2.47. The number of aliphatic hydroxyl groups excluding tert-OH is 2. The molecule has 1 aliphatic carbocycles. The zero-order valence-corrected chi connectivity index (χ0v) is 39.7. The maximum Gasteiger partial charge on any atom is 0.306 e. The van der Waals surface area contributed by atoms with E-state index in [-0.39, 0.29) is 44.2 Å². The zero-order chi connectivity index (χ0) is 45.2. The summed E-state index contributed by atoms with van der Waals surface area (Å²) in [6, 6.07) is 0. The normalized spacial score (nSPS) is 19.3. The number of nitrogens with zero attached hydrogens (tertiary/aromatic N) is 1. The van der Waals surface area contributed by atoms with Crippen molar-refractivity contribution < 1.29 is 57.1 Å². The van der Waals surface area contributed by atoms with E-state index in [9.17, 15) is 34.1 Å². The predicted octanol–water partition coefficient (Wildman–Crippen LogP) is 9.65. The number of aliphatic hydroxyl groups is 2. The van der Waals surface area contributed by atoms with Crippen LogP contribution in [0.15, 0.2) is 36.5 Å². The molecular formula is C48H86NO11P. The van der Waals surface area contributed by atoms with E-state index in [0.717, 1.165) is 44.9 Å². The van der Waals surface area contributed by atoms with E-state index >= 15 is 0 Å². The van der Waals surface area contributed by atoms with Gasteiger partial charge in [-0.2, -0.15) is 0 Å². The predicted molar refractivity (Wildman–Crippen MR) is 241 cm³/mol. The van der Waals surface area contributed by atoms with Gasteiger partial charge >= 0.3 is 11.9 Å². The molecule has 0 radical (unpaired) electrons. The Morgan fingerprint density at radius 2 is 1.33 bits per heavy atom. The molecule has 0 heterocycles. The van der Waals surface area contributed by atoms with Crippen LogP contribution in [0.5, 0.6) is 0 Å². The first kappa shape index (κ1) is 56.8. The van der Waals surface area contributed by atoms with E-state index in [1.165, 1.54) is 64.2 Å². The third-order valence-electron chi connectivity index (χ3n) is 11.0. The highest BCUT2D eigenvalue weighted by Crippen LogP contribution is 2.38. The molecule has 0 saturated heterocycles. The Morgan fingerprint density at radius 3 is 1.97 bits per heavy atom. The summed E-state index contributed by atoms with van der Waals surface area (Å²) in [6.45, 7) is 3.80. The van der Waals surface area contributed by atoms with Crippen LogP contribution in [-0.4, -0.2) is 98.2 Å². The summed E-state index contributed by atoms with van der Waals surface area (Å²) < 4.78 is 33.9. The number of phosphoric acid groups is 1. The number of rotatable bonds is 39. The molecule has 0 aromatic rings. The standard InChI is InChI=1S/C48H86NO11P/c1-6-8-10-11-12-13-14-15-16-17-18-19-20-21-22-23-28-32-47(53)57-39-42(40-59-61(55,56)58-37-36-49(3,4)5)60-48(54)33-29-25-24-27-31-43-44(46(52)38-45(43)51)35-34-41(50)30-26-9-7-2/h15-16,24,27,34-35,41-45,50-51H,6-14,17-23,25-26,28-33,36-40H2,1-5H3/b16-15-,27-24-,35-34+/t41-,42+,43+,44+,45-/m0/s1. The van der Waals surface area contributed by atoms with E-state index < -0.39 is 50.6 Å². The van der Waals surface area contributed by atoms with E-state index in [2.05, 4.69) is 26.0 Å². The maximum atomic E-state index is 12.8. The summed E-state index contributed by atoms with van der Waals surface area (Å²) in [6.07, 6.45) is 32.5. The first-order chi connectivity index (χ1) is 29.2. The summed E-state index contributed by atoms with van der Waals surface area (Å²) in [5.74, 6) is -1.80. The van der Waals surface area contributed by atoms with Gasteiger partial charge in [-0.3, -0.25) is 18.9 Å². The van der Waals surface area contributed by atoms with Crippen molar-refractivity contribution in [2.75, 3.05) is 47.5 Å². The fraction of sp³-hybridized carbons (Fsp3) is 0.812. The lowest BCUT2D eigenvalue weighted by Crippen LogP contribution is -2.37. The Morgan fingerprint density at radius 1 is 0.770 bits per heavy atom. The molecule has 61 heavy (non-hydrogen) atoms. The fourth-order valence-electron chi connectivity index (χ4n) is 7.16. The molecule has 0 aromatic heterocycles. The molecule has 1 fully saturated rings. The van der Waals surface area contributed by atoms with Gasteiger partial charge in [0, 0.05) is 31.1 Å². The van der Waals surface area contributed by atoms with Crippen LogP contribution in [0.3, 0.4) is 0 Å². The van der Waals surface area contributed by atoms with Crippen LogP contribution in [0.1, 0.15) is 174 Å². The molecule has 1 rings (SSSR count). The number of hydrogen-bond acceptors (Lipinski definition) is 11. The molecule has 6 atom stereocenters. The van der Waals surface area contributed by atoms with Crippen molar-refractivity contribution in [2.45, 2.75) is 193 Å². The van der Waals surface area contributed by atoms with Crippen LogP contribution in [0.4, 0.5) is 0 Å². The largest absolute Gasteiger partial charge is 0.756 e. The van der Waals surface area contributed by atoms with Gasteiger partial charge in [-0.25, -0.2) is 0 Å². The van der Waals surface area contributed by atoms with Gasteiger partial charge in [-0.1, -0.05) is 134 Å². The number of carbonyl (C=O) groups is 3. The van der Waals surface area contributed by atoms with Crippen LogP contribution >= 0.6 is 7.82 Å². The van der Waals surface area contributed by atoms with Crippen LogP contribution in [0.25, 0.3) is 0 Å². The Bertz CT molecular complexity index is 1300. The van der Waals surface area contributed by atoms with Crippen molar-refractivity contribution in [3.63, 3.8) is 0 Å². The number of hydrogen-bond donors (Lipinski definition) is 2. The summed E-state index contributed by atoms with van der Waals surface area (Å²) in [4.78, 5) is 50.3. The highest BCUT2D eigenvalue weighted by atomic mass is 31.2. The smallest absolute Gasteiger partial charge is 0.306 e. The van der Waals surface area contributed by atoms with Crippen LogP contribution in [-0.2, 0) is 37.5 Å². The van der Waals surface area contributed by atoms with Gasteiger partial charge in [0.05, 0.1) is 40.0 Å². The number of esters is 2. The minimum absolute atomic E-state index is 0.0333. The van der Waals surface area contributed by atoms with Gasteiger partial charge in [-0.15, -0.1) is 0 Å². The van der Waals surface area contributed by atoms with Gasteiger partial charge in [0.2, 0.25) is 0 Å². The highest BCUT2D eigenvalue weighted by Gasteiger charge is 2.39. The quantitative estimate of drug-likeness (QED) is 0.0198. The molecule has 0 spiro atoms. The minimum atomic E-state index is -4.70. The molecule has 2 N–H and O–H groups in total. The lowest BCUT2D eigenvalue weighted by Gasteiger charge is -2.28. The molecule has 12 nitrogen and oxygen atoms in total. The zero-order valence-electron chi connectivity index (χ0n) is 38.8. The van der Waals surface area contributed by atoms with Crippen molar-refractivity contribution >= 4 is 25.5 Å². The molecule has 0 amide bonds. The molecule has 1 aliphatic rings. The monoisotopic (exact) mass is 884 g/mol. The van der Waals surface area contributed by atoms with Crippen LogP contribution in [0, 0.1) is 11.8 Å². The molecule has 1 saturated carbocycles. The number of carbonyl (C=O) groups excluding carboxylic acids is 3. The average Bonchev–Trinajstić information content (AvgIpc) is 3.47. The van der Waals surface area contributed by atoms with Gasteiger partial charge in [0.1, 0.15) is 25.5 Å². The van der Waals surface area contributed by atoms with E-state index in [0.29, 0.717) is 43.1 Å². The topological polar surface area (TPSA) is 169 Å². The van der Waals surface area contributed by atoms with Crippen LogP contribution < -0.4 is 4.89 Å². The van der Waals surface area contributed by atoms with Gasteiger partial charge < -0.3 is 38.1 Å². The Kier molecular flexibility index (Phi) is 32.8. The second-order valence-electron chi connectivity index (χ2n) is 17.9. The van der Waals surface area contributed by atoms with Crippen molar-refractivity contribution in [1.29, 1.82) is 0 Å². The highest BCUT2D eigenvalue weighted by molar-refractivity contribution is 7.45. The number of likely N-dealkylation sites (N-methyl/N-ethyl adjacent to an activating group) is 1. The van der Waals surface area contributed by atoms with E-state index in [4.69, 9.17) is 18.5 Å². The second kappa shape index (κ2) is 35.2. The van der Waals surface area contributed by atoms with E-state index in [1.54, 1.807) is 12.2 Å². The molecule has 0 aromatic carbocycles. The average molecular weight is 884 g/mol. The van der Waals surface area contributed by atoms with Gasteiger partial charge in [0.25, 0.3) is 7.82 Å². The Labute approximate surface area is 370 Å². The van der Waals surface area contributed by atoms with Gasteiger partial charge in [-0.05, 0) is 57.8 Å². The number of phosphoric ester groups is 1. The third kappa shape index (κ3) is 32.2. The van der Waals surface area contributed by atoms with Gasteiger partial charge in [0.15, 0.2) is 6.10 Å². The molecule has 0 bridgehead atoms. The van der Waals surface area contributed by atoms with Crippen molar-refractivity contribution in [3.05, 3.63) is 36.5 Å². The number of ether oxygens (including phenoxy) is 2. The molecule has 0 aliphatic heterocycles.